The van der Waals surface area contributed by atoms with E-state index in [-0.39, 0.29) is 17.5 Å². The van der Waals surface area contributed by atoms with Crippen molar-refractivity contribution in [3.63, 3.8) is 0 Å². The predicted molar refractivity (Wildman–Crippen MR) is 68.7 cm³/mol. The first kappa shape index (κ1) is 13.0. The molecule has 0 saturated heterocycles. The lowest BCUT2D eigenvalue weighted by Gasteiger charge is -2.31. The number of nitrogens with two attached hydrogens (primary N) is 1. The first-order valence-electron chi connectivity index (χ1n) is 6.48. The summed E-state index contributed by atoms with van der Waals surface area (Å²) in [6.07, 6.45) is 4.23. The molecule has 3 nitrogen and oxygen atoms in total. The summed E-state index contributed by atoms with van der Waals surface area (Å²) in [4.78, 5) is 12.0. The zero-order valence-corrected chi connectivity index (χ0v) is 10.4. The fraction of sp³-hybridized carbons (Fsp3) is 0.500. The van der Waals surface area contributed by atoms with Crippen molar-refractivity contribution in [2.45, 2.75) is 31.7 Å². The normalized spacial score (nSPS) is 23.7. The van der Waals surface area contributed by atoms with Gasteiger partial charge in [0.1, 0.15) is 5.82 Å². The first-order chi connectivity index (χ1) is 8.72. The Labute approximate surface area is 107 Å². The Bertz CT molecular complexity index is 422. The van der Waals surface area contributed by atoms with E-state index in [1.54, 1.807) is 12.1 Å². The first-order valence-corrected chi connectivity index (χ1v) is 6.48. The summed E-state index contributed by atoms with van der Waals surface area (Å²) in [5, 5.41) is 2.92. The molecule has 1 aliphatic rings. The molecule has 0 heterocycles. The highest BCUT2D eigenvalue weighted by Crippen LogP contribution is 2.24. The average Bonchev–Trinajstić information content (AvgIpc) is 2.39. The van der Waals surface area contributed by atoms with Crippen LogP contribution >= 0.6 is 0 Å². The van der Waals surface area contributed by atoms with Crippen molar-refractivity contribution in [2.75, 3.05) is 6.54 Å². The lowest BCUT2D eigenvalue weighted by Crippen LogP contribution is -2.44. The molecule has 1 aromatic rings. The zero-order chi connectivity index (χ0) is 13.0. The van der Waals surface area contributed by atoms with Gasteiger partial charge in [0.2, 0.25) is 0 Å². The van der Waals surface area contributed by atoms with Crippen LogP contribution in [-0.2, 0) is 0 Å². The largest absolute Gasteiger partial charge is 0.349 e. The van der Waals surface area contributed by atoms with Crippen molar-refractivity contribution >= 4 is 5.91 Å². The summed E-state index contributed by atoms with van der Waals surface area (Å²) in [7, 11) is 0. The van der Waals surface area contributed by atoms with Gasteiger partial charge in [-0.2, -0.15) is 0 Å². The number of nitrogens with one attached hydrogen (secondary N) is 1. The quantitative estimate of drug-likeness (QED) is 0.863. The standard InChI is InChI=1S/C14H19FN2O/c15-12-7-3-2-6-11(12)14(18)17-13-8-4-1-5-10(13)9-16/h2-3,6-7,10,13H,1,4-5,8-9,16H2,(H,17,18). The van der Waals surface area contributed by atoms with Crippen molar-refractivity contribution < 1.29 is 9.18 Å². The Hall–Kier alpha value is -1.42. The number of hydrogen-bond donors (Lipinski definition) is 2. The van der Waals surface area contributed by atoms with Crippen molar-refractivity contribution in [1.29, 1.82) is 0 Å². The lowest BCUT2D eigenvalue weighted by molar-refractivity contribution is 0.0904. The van der Waals surface area contributed by atoms with Crippen molar-refractivity contribution in [3.8, 4) is 0 Å². The molecule has 98 valence electrons. The molecule has 4 heteroatoms. The second-order valence-corrected chi connectivity index (χ2v) is 4.84. The molecule has 0 bridgehead atoms. The number of amides is 1. The van der Waals surface area contributed by atoms with Gasteiger partial charge in [-0.1, -0.05) is 25.0 Å². The van der Waals surface area contributed by atoms with Crippen LogP contribution in [-0.4, -0.2) is 18.5 Å². The number of rotatable bonds is 3. The maximum atomic E-state index is 13.5. The summed E-state index contributed by atoms with van der Waals surface area (Å²) in [5.74, 6) is -0.497. The molecule has 0 spiro atoms. The molecule has 1 fully saturated rings. The van der Waals surface area contributed by atoms with Gasteiger partial charge in [-0.05, 0) is 37.4 Å². The smallest absolute Gasteiger partial charge is 0.254 e. The Morgan fingerprint density at radius 3 is 2.78 bits per heavy atom. The Morgan fingerprint density at radius 2 is 2.06 bits per heavy atom. The van der Waals surface area contributed by atoms with E-state index in [2.05, 4.69) is 5.32 Å². The summed E-state index contributed by atoms with van der Waals surface area (Å²) in [6, 6.07) is 6.13. The van der Waals surface area contributed by atoms with E-state index in [4.69, 9.17) is 5.73 Å². The Balaban J connectivity index is 2.04. The third-order valence-electron chi connectivity index (χ3n) is 3.65. The van der Waals surface area contributed by atoms with E-state index >= 15 is 0 Å². The third kappa shape index (κ3) is 2.88. The maximum Gasteiger partial charge on any atom is 0.254 e. The average molecular weight is 250 g/mol. The summed E-state index contributed by atoms with van der Waals surface area (Å²) < 4.78 is 13.5. The Morgan fingerprint density at radius 1 is 1.33 bits per heavy atom. The molecule has 2 atom stereocenters. The zero-order valence-electron chi connectivity index (χ0n) is 10.4. The minimum atomic E-state index is -0.477. The maximum absolute atomic E-state index is 13.5. The minimum Gasteiger partial charge on any atom is -0.349 e. The van der Waals surface area contributed by atoms with Crippen LogP contribution in [0.4, 0.5) is 4.39 Å². The van der Waals surface area contributed by atoms with Gasteiger partial charge in [0.25, 0.3) is 5.91 Å². The molecule has 18 heavy (non-hydrogen) atoms. The molecule has 3 N–H and O–H groups in total. The summed E-state index contributed by atoms with van der Waals surface area (Å²) >= 11 is 0. The number of carbonyl (C=O) groups excluding carboxylic acids is 1. The van der Waals surface area contributed by atoms with Gasteiger partial charge >= 0.3 is 0 Å². The molecular weight excluding hydrogens is 231 g/mol. The SMILES string of the molecule is NCC1CCCCC1NC(=O)c1ccccc1F. The van der Waals surface area contributed by atoms with Crippen molar-refractivity contribution in [1.82, 2.24) is 5.32 Å². The molecule has 0 aromatic heterocycles. The van der Waals surface area contributed by atoms with E-state index in [0.29, 0.717) is 12.5 Å². The number of halogens is 1. The van der Waals surface area contributed by atoms with Crippen LogP contribution in [0.1, 0.15) is 36.0 Å². The highest BCUT2D eigenvalue weighted by atomic mass is 19.1. The van der Waals surface area contributed by atoms with Crippen LogP contribution in [0.25, 0.3) is 0 Å². The van der Waals surface area contributed by atoms with Gasteiger partial charge in [0, 0.05) is 6.04 Å². The molecule has 1 amide bonds. The van der Waals surface area contributed by atoms with Gasteiger partial charge in [0.15, 0.2) is 0 Å². The molecule has 1 aliphatic carbocycles. The van der Waals surface area contributed by atoms with E-state index in [0.717, 1.165) is 25.7 Å². The number of carbonyl (C=O) groups is 1. The number of hydrogen-bond acceptors (Lipinski definition) is 2. The molecule has 1 aromatic carbocycles. The molecule has 2 rings (SSSR count). The lowest BCUT2D eigenvalue weighted by atomic mass is 9.84. The second kappa shape index (κ2) is 5.96. The molecule has 0 aliphatic heterocycles. The van der Waals surface area contributed by atoms with Gasteiger partial charge in [-0.3, -0.25) is 4.79 Å². The van der Waals surface area contributed by atoms with Crippen molar-refractivity contribution in [3.05, 3.63) is 35.6 Å². The predicted octanol–water partition coefficient (Wildman–Crippen LogP) is 2.07. The fourth-order valence-electron chi connectivity index (χ4n) is 2.57. The van der Waals surface area contributed by atoms with Crippen LogP contribution in [0.3, 0.4) is 0 Å². The van der Waals surface area contributed by atoms with Crippen LogP contribution < -0.4 is 11.1 Å². The van der Waals surface area contributed by atoms with E-state index in [1.807, 2.05) is 0 Å². The molecular formula is C14H19FN2O. The second-order valence-electron chi connectivity index (χ2n) is 4.84. The molecule has 0 radical (unpaired) electrons. The topological polar surface area (TPSA) is 55.1 Å². The summed E-state index contributed by atoms with van der Waals surface area (Å²) in [6.45, 7) is 0.572. The highest BCUT2D eigenvalue weighted by molar-refractivity contribution is 5.94. The van der Waals surface area contributed by atoms with E-state index in [9.17, 15) is 9.18 Å². The van der Waals surface area contributed by atoms with Crippen LogP contribution in [0.5, 0.6) is 0 Å². The third-order valence-corrected chi connectivity index (χ3v) is 3.65. The highest BCUT2D eigenvalue weighted by Gasteiger charge is 2.26. The monoisotopic (exact) mass is 250 g/mol. The number of benzene rings is 1. The minimum absolute atomic E-state index is 0.0795. The van der Waals surface area contributed by atoms with Crippen LogP contribution in [0.15, 0.2) is 24.3 Å². The van der Waals surface area contributed by atoms with Gasteiger partial charge in [0.05, 0.1) is 5.56 Å². The van der Waals surface area contributed by atoms with Crippen LogP contribution in [0.2, 0.25) is 0 Å². The molecule has 2 unspecified atom stereocenters. The molecule has 1 saturated carbocycles. The van der Waals surface area contributed by atoms with E-state index in [1.165, 1.54) is 12.1 Å². The van der Waals surface area contributed by atoms with Crippen molar-refractivity contribution in [2.24, 2.45) is 11.7 Å². The van der Waals surface area contributed by atoms with Crippen LogP contribution in [0, 0.1) is 11.7 Å². The fourth-order valence-corrected chi connectivity index (χ4v) is 2.57. The van der Waals surface area contributed by atoms with Gasteiger partial charge in [-0.25, -0.2) is 4.39 Å². The van der Waals surface area contributed by atoms with E-state index < -0.39 is 5.82 Å². The Kier molecular flexibility index (Phi) is 4.31. The van der Waals surface area contributed by atoms with Gasteiger partial charge < -0.3 is 11.1 Å². The summed E-state index contributed by atoms with van der Waals surface area (Å²) in [5.41, 5.74) is 5.82. The van der Waals surface area contributed by atoms with Gasteiger partial charge in [-0.15, -0.1) is 0 Å².